The van der Waals surface area contributed by atoms with Crippen molar-refractivity contribution in [2.75, 3.05) is 0 Å². The molecule has 0 saturated carbocycles. The fourth-order valence-electron chi connectivity index (χ4n) is 0.889. The molecule has 0 radical (unpaired) electrons. The van der Waals surface area contributed by atoms with Gasteiger partial charge in [0.25, 0.3) is 0 Å². The maximum Gasteiger partial charge on any atom is 2.00 e. The first-order valence-corrected chi connectivity index (χ1v) is 3.51. The molecule has 0 unspecified atom stereocenters. The Morgan fingerprint density at radius 2 is 1.50 bits per heavy atom. The second kappa shape index (κ2) is 5.48. The molecule has 0 saturated heterocycles. The zero-order chi connectivity index (χ0) is 7.61. The van der Waals surface area contributed by atoms with Gasteiger partial charge in [-0.15, -0.1) is 5.41 Å². The van der Waals surface area contributed by atoms with Crippen molar-refractivity contribution in [1.82, 2.24) is 0 Å². The maximum atomic E-state index is 4.04. The van der Waals surface area contributed by atoms with Gasteiger partial charge in [-0.25, -0.2) is 0 Å². The molecule has 0 spiro atoms. The van der Waals surface area contributed by atoms with Crippen LogP contribution in [0.15, 0.2) is 30.3 Å². The number of benzene rings is 1. The predicted molar refractivity (Wildman–Crippen MR) is 51.2 cm³/mol. The fraction of sp³-hybridized carbons (Fsp3) is 0.273. The number of hydrogen-bond donors (Lipinski definition) is 0. The van der Waals surface area contributed by atoms with E-state index in [4.69, 9.17) is 0 Å². The SMILES string of the molecule is [CH2-]C(C)(C)c1ccccc1.[CH3-].[Zn+2]. The van der Waals surface area contributed by atoms with Gasteiger partial charge in [-0.05, 0) is 0 Å². The minimum atomic E-state index is 0. The third-order valence-corrected chi connectivity index (χ3v) is 1.56. The summed E-state index contributed by atoms with van der Waals surface area (Å²) in [6, 6.07) is 10.3. The molecule has 0 heterocycles. The number of hydrogen-bond acceptors (Lipinski definition) is 0. The van der Waals surface area contributed by atoms with Gasteiger partial charge in [0, 0.05) is 0 Å². The van der Waals surface area contributed by atoms with E-state index in [0.29, 0.717) is 0 Å². The van der Waals surface area contributed by atoms with E-state index < -0.39 is 0 Å². The Morgan fingerprint density at radius 3 is 1.75 bits per heavy atom. The molecule has 62 valence electrons. The van der Waals surface area contributed by atoms with Crippen LogP contribution in [-0.4, -0.2) is 0 Å². The Balaban J connectivity index is 0. The van der Waals surface area contributed by atoms with Gasteiger partial charge in [0.05, 0.1) is 0 Å². The molecule has 0 amide bonds. The van der Waals surface area contributed by atoms with Crippen LogP contribution in [0.4, 0.5) is 0 Å². The summed E-state index contributed by atoms with van der Waals surface area (Å²) in [6.07, 6.45) is 0. The van der Waals surface area contributed by atoms with Crippen LogP contribution in [0.5, 0.6) is 0 Å². The van der Waals surface area contributed by atoms with Crippen molar-refractivity contribution >= 4 is 0 Å². The monoisotopic (exact) mass is 212 g/mol. The Labute approximate surface area is 89.1 Å². The van der Waals surface area contributed by atoms with Crippen LogP contribution < -0.4 is 0 Å². The molecule has 0 atom stereocenters. The Bertz CT molecular complexity index is 196. The first-order valence-electron chi connectivity index (χ1n) is 3.51. The molecule has 0 nitrogen and oxygen atoms in total. The number of rotatable bonds is 1. The van der Waals surface area contributed by atoms with E-state index in [9.17, 15) is 0 Å². The standard InChI is InChI=1S/C10H13.CH3.Zn/c1-10(2,3)9-7-5-4-6-8-9;;/h4-8H,1H2,2-3H3;1H3;/q2*-1;+2. The summed E-state index contributed by atoms with van der Waals surface area (Å²) in [7, 11) is 0. The van der Waals surface area contributed by atoms with Crippen molar-refractivity contribution in [2.45, 2.75) is 19.3 Å². The van der Waals surface area contributed by atoms with Crippen LogP contribution in [0, 0.1) is 14.4 Å². The average Bonchev–Trinajstić information content (AvgIpc) is 1.88. The maximum absolute atomic E-state index is 4.04. The molecule has 0 aromatic heterocycles. The van der Waals surface area contributed by atoms with Crippen molar-refractivity contribution in [3.63, 3.8) is 0 Å². The van der Waals surface area contributed by atoms with Gasteiger partial charge < -0.3 is 14.4 Å². The molecule has 0 aliphatic heterocycles. The summed E-state index contributed by atoms with van der Waals surface area (Å²) in [4.78, 5) is 0. The van der Waals surface area contributed by atoms with Gasteiger partial charge in [-0.1, -0.05) is 49.7 Å². The van der Waals surface area contributed by atoms with E-state index >= 15 is 0 Å². The van der Waals surface area contributed by atoms with Crippen LogP contribution in [0.1, 0.15) is 19.4 Å². The zero-order valence-corrected chi connectivity index (χ0v) is 11.3. The van der Waals surface area contributed by atoms with Gasteiger partial charge in [-0.2, -0.15) is 0 Å². The molecule has 1 aromatic carbocycles. The third kappa shape index (κ3) is 4.02. The third-order valence-electron chi connectivity index (χ3n) is 1.56. The van der Waals surface area contributed by atoms with Crippen molar-refractivity contribution in [1.29, 1.82) is 0 Å². The molecule has 0 N–H and O–H groups in total. The van der Waals surface area contributed by atoms with Gasteiger partial charge >= 0.3 is 19.5 Å². The van der Waals surface area contributed by atoms with Crippen LogP contribution in [0.3, 0.4) is 0 Å². The molecule has 12 heavy (non-hydrogen) atoms. The summed E-state index contributed by atoms with van der Waals surface area (Å²) in [5.41, 5.74) is 1.33. The van der Waals surface area contributed by atoms with E-state index in [0.717, 1.165) is 0 Å². The van der Waals surface area contributed by atoms with E-state index in [1.54, 1.807) is 0 Å². The topological polar surface area (TPSA) is 0 Å². The minimum Gasteiger partial charge on any atom is -0.358 e. The molecule has 0 fully saturated rings. The molecule has 1 rings (SSSR count). The molecule has 0 bridgehead atoms. The quantitative estimate of drug-likeness (QED) is 0.496. The molecular formula is C11H16Zn. The van der Waals surface area contributed by atoms with Crippen LogP contribution in [0.2, 0.25) is 0 Å². The van der Waals surface area contributed by atoms with E-state index in [-0.39, 0.29) is 32.3 Å². The normalized spacial score (nSPS) is 9.58. The predicted octanol–water partition coefficient (Wildman–Crippen LogP) is 3.25. The van der Waals surface area contributed by atoms with Crippen LogP contribution in [-0.2, 0) is 24.9 Å². The second-order valence-electron chi connectivity index (χ2n) is 3.25. The Kier molecular flexibility index (Phi) is 6.57. The summed E-state index contributed by atoms with van der Waals surface area (Å²) in [5, 5.41) is 0. The first kappa shape index (κ1) is 14.4. The molecule has 1 aromatic rings. The second-order valence-corrected chi connectivity index (χ2v) is 3.25. The molecule has 0 aliphatic carbocycles. The first-order chi connectivity index (χ1) is 4.61. The van der Waals surface area contributed by atoms with Crippen LogP contribution in [0.25, 0.3) is 0 Å². The van der Waals surface area contributed by atoms with Crippen molar-refractivity contribution in [3.8, 4) is 0 Å². The zero-order valence-electron chi connectivity index (χ0n) is 8.30. The minimum absolute atomic E-state index is 0. The van der Waals surface area contributed by atoms with Gasteiger partial charge in [0.2, 0.25) is 0 Å². The van der Waals surface area contributed by atoms with Crippen LogP contribution >= 0.6 is 0 Å². The van der Waals surface area contributed by atoms with E-state index in [1.807, 2.05) is 18.2 Å². The van der Waals surface area contributed by atoms with Gasteiger partial charge in [0.15, 0.2) is 0 Å². The van der Waals surface area contributed by atoms with Gasteiger partial charge in [-0.3, -0.25) is 0 Å². The average molecular weight is 214 g/mol. The van der Waals surface area contributed by atoms with Crippen molar-refractivity contribution in [3.05, 3.63) is 50.2 Å². The largest absolute Gasteiger partial charge is 2.00 e. The summed E-state index contributed by atoms with van der Waals surface area (Å²) in [5.74, 6) is 0. The summed E-state index contributed by atoms with van der Waals surface area (Å²) >= 11 is 0. The summed E-state index contributed by atoms with van der Waals surface area (Å²) < 4.78 is 0. The van der Waals surface area contributed by atoms with E-state index in [1.165, 1.54) is 5.56 Å². The van der Waals surface area contributed by atoms with E-state index in [2.05, 4.69) is 32.9 Å². The van der Waals surface area contributed by atoms with Crippen molar-refractivity contribution in [2.24, 2.45) is 0 Å². The van der Waals surface area contributed by atoms with Crippen molar-refractivity contribution < 1.29 is 19.5 Å². The summed E-state index contributed by atoms with van der Waals surface area (Å²) in [6.45, 7) is 8.27. The molecule has 0 aliphatic rings. The molecular weight excluding hydrogens is 198 g/mol. The molecule has 1 heteroatoms. The Morgan fingerprint density at radius 1 is 1.08 bits per heavy atom. The van der Waals surface area contributed by atoms with Gasteiger partial charge in [0.1, 0.15) is 0 Å². The Hall–Kier alpha value is -0.157. The fourth-order valence-corrected chi connectivity index (χ4v) is 0.889. The smallest absolute Gasteiger partial charge is 0.358 e.